The van der Waals surface area contributed by atoms with E-state index >= 15 is 0 Å². The van der Waals surface area contributed by atoms with Crippen molar-refractivity contribution in [2.45, 2.75) is 31.3 Å². The third kappa shape index (κ3) is 2.02. The van der Waals surface area contributed by atoms with Gasteiger partial charge in [0, 0.05) is 24.3 Å². The van der Waals surface area contributed by atoms with E-state index in [1.807, 2.05) is 7.05 Å². The molecule has 15 heavy (non-hydrogen) atoms. The molecule has 0 aromatic carbocycles. The molecule has 0 radical (unpaired) electrons. The van der Waals surface area contributed by atoms with Crippen LogP contribution in [0.3, 0.4) is 0 Å². The Kier molecular flexibility index (Phi) is 2.73. The van der Waals surface area contributed by atoms with Gasteiger partial charge in [-0.3, -0.25) is 14.3 Å². The van der Waals surface area contributed by atoms with Crippen LogP contribution in [0.1, 0.15) is 25.3 Å². The van der Waals surface area contributed by atoms with Gasteiger partial charge < -0.3 is 5.32 Å². The van der Waals surface area contributed by atoms with Crippen molar-refractivity contribution < 1.29 is 0 Å². The second-order valence-corrected chi connectivity index (χ2v) is 3.97. The number of H-pyrrole nitrogens is 1. The molecule has 1 fully saturated rings. The van der Waals surface area contributed by atoms with Crippen LogP contribution >= 0.6 is 0 Å². The van der Waals surface area contributed by atoms with Crippen LogP contribution in [0.15, 0.2) is 21.9 Å². The van der Waals surface area contributed by atoms with Gasteiger partial charge in [-0.2, -0.15) is 0 Å². The average Bonchev–Trinajstić information content (AvgIpc) is 2.66. The Hall–Kier alpha value is -1.36. The summed E-state index contributed by atoms with van der Waals surface area (Å²) in [5.41, 5.74) is -0.635. The summed E-state index contributed by atoms with van der Waals surface area (Å²) in [5, 5.41) is 3.21. The van der Waals surface area contributed by atoms with Crippen molar-refractivity contribution in [2.24, 2.45) is 0 Å². The summed E-state index contributed by atoms with van der Waals surface area (Å²) in [6, 6.07) is 2.09. The van der Waals surface area contributed by atoms with Gasteiger partial charge in [0.25, 0.3) is 5.56 Å². The van der Waals surface area contributed by atoms with E-state index in [-0.39, 0.29) is 17.3 Å². The van der Waals surface area contributed by atoms with E-state index in [2.05, 4.69) is 10.3 Å². The van der Waals surface area contributed by atoms with Crippen molar-refractivity contribution in [1.82, 2.24) is 14.9 Å². The molecular weight excluding hydrogens is 194 g/mol. The first-order valence-corrected chi connectivity index (χ1v) is 5.19. The lowest BCUT2D eigenvalue weighted by molar-refractivity contribution is 0.471. The summed E-state index contributed by atoms with van der Waals surface area (Å²) in [6.45, 7) is 0. The Balaban J connectivity index is 2.24. The van der Waals surface area contributed by atoms with Gasteiger partial charge in [-0.15, -0.1) is 0 Å². The van der Waals surface area contributed by atoms with Gasteiger partial charge in [0.05, 0.1) is 0 Å². The Bertz CT molecular complexity index is 448. The van der Waals surface area contributed by atoms with Crippen molar-refractivity contribution in [3.63, 3.8) is 0 Å². The SMILES string of the molecule is CNC1CCC(n2ccc(=O)[nH]c2=O)C1. The van der Waals surface area contributed by atoms with Gasteiger partial charge >= 0.3 is 5.69 Å². The number of aromatic nitrogens is 2. The molecule has 1 heterocycles. The first kappa shape index (κ1) is 10.2. The normalized spacial score (nSPS) is 25.7. The highest BCUT2D eigenvalue weighted by molar-refractivity contribution is 4.90. The molecule has 0 spiro atoms. The van der Waals surface area contributed by atoms with Crippen LogP contribution in [0.4, 0.5) is 0 Å². The van der Waals surface area contributed by atoms with E-state index in [4.69, 9.17) is 0 Å². The van der Waals surface area contributed by atoms with E-state index in [0.717, 1.165) is 19.3 Å². The summed E-state index contributed by atoms with van der Waals surface area (Å²) in [6.07, 6.45) is 4.59. The van der Waals surface area contributed by atoms with E-state index in [1.165, 1.54) is 6.07 Å². The topological polar surface area (TPSA) is 66.9 Å². The van der Waals surface area contributed by atoms with Gasteiger partial charge in [0.1, 0.15) is 0 Å². The van der Waals surface area contributed by atoms with Crippen LogP contribution in [0, 0.1) is 0 Å². The third-order valence-electron chi connectivity index (χ3n) is 3.06. The lowest BCUT2D eigenvalue weighted by atomic mass is 10.2. The minimum absolute atomic E-state index is 0.215. The largest absolute Gasteiger partial charge is 0.328 e. The number of rotatable bonds is 2. The molecule has 1 aliphatic rings. The van der Waals surface area contributed by atoms with Crippen LogP contribution in [0.2, 0.25) is 0 Å². The number of nitrogens with zero attached hydrogens (tertiary/aromatic N) is 1. The maximum absolute atomic E-state index is 11.5. The Morgan fingerprint density at radius 3 is 2.87 bits per heavy atom. The van der Waals surface area contributed by atoms with Gasteiger partial charge in [-0.25, -0.2) is 4.79 Å². The van der Waals surface area contributed by atoms with Gasteiger partial charge in [-0.1, -0.05) is 0 Å². The summed E-state index contributed by atoms with van der Waals surface area (Å²) in [5.74, 6) is 0. The van der Waals surface area contributed by atoms with Gasteiger partial charge in [0.2, 0.25) is 0 Å². The van der Waals surface area contributed by atoms with Crippen LogP contribution in [0.5, 0.6) is 0 Å². The van der Waals surface area contributed by atoms with Crippen LogP contribution < -0.4 is 16.6 Å². The monoisotopic (exact) mass is 209 g/mol. The van der Waals surface area contributed by atoms with Crippen LogP contribution in [-0.2, 0) is 0 Å². The van der Waals surface area contributed by atoms with Crippen LogP contribution in [0.25, 0.3) is 0 Å². The maximum atomic E-state index is 11.5. The number of hydrogen-bond acceptors (Lipinski definition) is 3. The lowest BCUT2D eigenvalue weighted by Crippen LogP contribution is -2.31. The molecule has 5 heteroatoms. The Labute approximate surface area is 87.1 Å². The molecule has 5 nitrogen and oxygen atoms in total. The molecule has 1 aromatic heterocycles. The minimum atomic E-state index is -0.334. The summed E-state index contributed by atoms with van der Waals surface area (Å²) < 4.78 is 1.62. The minimum Gasteiger partial charge on any atom is -0.317 e. The van der Waals surface area contributed by atoms with E-state index in [9.17, 15) is 9.59 Å². The van der Waals surface area contributed by atoms with Gasteiger partial charge in [0.15, 0.2) is 0 Å². The Morgan fingerprint density at radius 1 is 1.47 bits per heavy atom. The molecule has 82 valence electrons. The zero-order chi connectivity index (χ0) is 10.8. The highest BCUT2D eigenvalue weighted by Crippen LogP contribution is 2.28. The average molecular weight is 209 g/mol. The molecule has 2 atom stereocenters. The predicted molar refractivity (Wildman–Crippen MR) is 57.1 cm³/mol. The van der Waals surface area contributed by atoms with Crippen LogP contribution in [-0.4, -0.2) is 22.6 Å². The molecule has 0 aliphatic heterocycles. The fraction of sp³-hybridized carbons (Fsp3) is 0.600. The van der Waals surface area contributed by atoms with Gasteiger partial charge in [-0.05, 0) is 26.3 Å². The molecule has 1 aliphatic carbocycles. The standard InChI is InChI=1S/C10H15N3O2/c1-11-7-2-3-8(6-7)13-5-4-9(14)12-10(13)15/h4-5,7-8,11H,2-3,6H2,1H3,(H,12,14,15). The molecule has 1 aromatic rings. The second kappa shape index (κ2) is 4.02. The van der Waals surface area contributed by atoms with E-state index in [0.29, 0.717) is 6.04 Å². The van der Waals surface area contributed by atoms with Crippen molar-refractivity contribution >= 4 is 0 Å². The number of hydrogen-bond donors (Lipinski definition) is 2. The van der Waals surface area contributed by atoms with Crippen molar-refractivity contribution in [1.29, 1.82) is 0 Å². The fourth-order valence-electron chi connectivity index (χ4n) is 2.19. The number of aromatic amines is 1. The van der Waals surface area contributed by atoms with Crippen molar-refractivity contribution in [2.75, 3.05) is 7.05 Å². The molecule has 2 rings (SSSR count). The highest BCUT2D eigenvalue weighted by atomic mass is 16.2. The highest BCUT2D eigenvalue weighted by Gasteiger charge is 2.25. The second-order valence-electron chi connectivity index (χ2n) is 3.97. The third-order valence-corrected chi connectivity index (χ3v) is 3.06. The Morgan fingerprint density at radius 2 is 2.27 bits per heavy atom. The molecule has 0 bridgehead atoms. The van der Waals surface area contributed by atoms with E-state index < -0.39 is 0 Å². The zero-order valence-electron chi connectivity index (χ0n) is 8.69. The fourth-order valence-corrected chi connectivity index (χ4v) is 2.19. The molecule has 1 saturated carbocycles. The quantitative estimate of drug-likeness (QED) is 0.711. The van der Waals surface area contributed by atoms with Crippen molar-refractivity contribution in [3.8, 4) is 0 Å². The first-order chi connectivity index (χ1) is 7.20. The summed E-state index contributed by atoms with van der Waals surface area (Å²) in [7, 11) is 1.93. The molecule has 2 unspecified atom stereocenters. The summed E-state index contributed by atoms with van der Waals surface area (Å²) in [4.78, 5) is 24.7. The molecule has 0 saturated heterocycles. The maximum Gasteiger partial charge on any atom is 0.328 e. The molecule has 0 amide bonds. The van der Waals surface area contributed by atoms with E-state index in [1.54, 1.807) is 10.8 Å². The zero-order valence-corrected chi connectivity index (χ0v) is 8.69. The molecule has 2 N–H and O–H groups in total. The first-order valence-electron chi connectivity index (χ1n) is 5.19. The molecular formula is C10H15N3O2. The van der Waals surface area contributed by atoms with Crippen molar-refractivity contribution in [3.05, 3.63) is 33.1 Å². The predicted octanol–water partition coefficient (Wildman–Crippen LogP) is -0.150. The summed E-state index contributed by atoms with van der Waals surface area (Å²) >= 11 is 0. The lowest BCUT2D eigenvalue weighted by Gasteiger charge is -2.13. The smallest absolute Gasteiger partial charge is 0.317 e. The number of nitrogens with one attached hydrogen (secondary N) is 2.